The number of rotatable bonds is 12. The van der Waals surface area contributed by atoms with E-state index in [0.29, 0.717) is 5.57 Å². The highest BCUT2D eigenvalue weighted by Gasteiger charge is 2.12. The van der Waals surface area contributed by atoms with Gasteiger partial charge >= 0.3 is 11.9 Å². The molecule has 0 heterocycles. The van der Waals surface area contributed by atoms with Crippen LogP contribution in [0.4, 0.5) is 0 Å². The predicted octanol–water partition coefficient (Wildman–Crippen LogP) is 5.50. The topological polar surface area (TPSA) is 43.4 Å². The lowest BCUT2D eigenvalue weighted by molar-refractivity contribution is -0.153. The van der Waals surface area contributed by atoms with Crippen LogP contribution >= 0.6 is 0 Å². The first kappa shape index (κ1) is 20.6. The molecule has 3 nitrogen and oxygen atoms in total. The first-order valence-corrected chi connectivity index (χ1v) is 8.57. The van der Waals surface area contributed by atoms with Crippen molar-refractivity contribution in [1.29, 1.82) is 0 Å². The molecule has 0 aromatic carbocycles. The summed E-state index contributed by atoms with van der Waals surface area (Å²) in [5.41, 5.74) is 0.731. The van der Waals surface area contributed by atoms with E-state index >= 15 is 0 Å². The molecule has 0 spiro atoms. The molecule has 0 aromatic heterocycles. The molecule has 0 unspecified atom stereocenters. The van der Waals surface area contributed by atoms with E-state index < -0.39 is 11.9 Å². The molecular weight excluding hydrogens is 276 g/mol. The zero-order valence-corrected chi connectivity index (χ0v) is 14.6. The number of ether oxygens (including phenoxy) is 1. The largest absolute Gasteiger partial charge is 0.386 e. The molecule has 0 atom stereocenters. The van der Waals surface area contributed by atoms with Gasteiger partial charge in [0.2, 0.25) is 0 Å². The van der Waals surface area contributed by atoms with Gasteiger partial charge in [0.05, 0.1) is 0 Å². The van der Waals surface area contributed by atoms with Crippen LogP contribution in [-0.4, -0.2) is 11.9 Å². The molecule has 0 N–H and O–H groups in total. The van der Waals surface area contributed by atoms with Gasteiger partial charge < -0.3 is 4.74 Å². The molecule has 0 aliphatic carbocycles. The van der Waals surface area contributed by atoms with Crippen LogP contribution in [0.15, 0.2) is 23.8 Å². The van der Waals surface area contributed by atoms with E-state index in [1.165, 1.54) is 58.3 Å². The van der Waals surface area contributed by atoms with Gasteiger partial charge in [0.15, 0.2) is 0 Å². The average molecular weight is 308 g/mol. The summed E-state index contributed by atoms with van der Waals surface area (Å²) in [6, 6.07) is 0. The molecule has 0 rings (SSSR count). The van der Waals surface area contributed by atoms with E-state index in [2.05, 4.69) is 18.2 Å². The van der Waals surface area contributed by atoms with Crippen molar-refractivity contribution in [1.82, 2.24) is 0 Å². The minimum absolute atomic E-state index is 0.236. The molecule has 0 aromatic rings. The van der Waals surface area contributed by atoms with Crippen LogP contribution in [0, 0.1) is 0 Å². The second kappa shape index (κ2) is 13.3. The van der Waals surface area contributed by atoms with E-state index in [1.807, 2.05) is 6.08 Å². The SMILES string of the molecule is C=C(C)C(=O)OC(=O)C(C)=CCCCCCCCCCCC. The number of esters is 2. The van der Waals surface area contributed by atoms with Gasteiger partial charge in [0, 0.05) is 11.1 Å². The third kappa shape index (κ3) is 11.3. The Morgan fingerprint density at radius 3 is 1.86 bits per heavy atom. The molecular formula is C19H32O3. The van der Waals surface area contributed by atoms with Crippen LogP contribution < -0.4 is 0 Å². The second-order valence-electron chi connectivity index (χ2n) is 5.96. The van der Waals surface area contributed by atoms with Crippen LogP contribution in [-0.2, 0) is 14.3 Å². The van der Waals surface area contributed by atoms with Gasteiger partial charge in [0.1, 0.15) is 0 Å². The van der Waals surface area contributed by atoms with Crippen LogP contribution in [0.5, 0.6) is 0 Å². The van der Waals surface area contributed by atoms with Crippen molar-refractivity contribution in [2.24, 2.45) is 0 Å². The molecule has 0 aliphatic rings. The number of carbonyl (C=O) groups excluding carboxylic acids is 2. The average Bonchev–Trinajstić information content (AvgIpc) is 2.48. The molecule has 0 fully saturated rings. The van der Waals surface area contributed by atoms with Gasteiger partial charge in [-0.2, -0.15) is 0 Å². The number of hydrogen-bond acceptors (Lipinski definition) is 3. The fraction of sp³-hybridized carbons (Fsp3) is 0.684. The van der Waals surface area contributed by atoms with Crippen molar-refractivity contribution >= 4 is 11.9 Å². The quantitative estimate of drug-likeness (QED) is 0.207. The van der Waals surface area contributed by atoms with E-state index in [1.54, 1.807) is 6.92 Å². The fourth-order valence-corrected chi connectivity index (χ4v) is 2.11. The molecule has 126 valence electrons. The Balaban J connectivity index is 3.65. The van der Waals surface area contributed by atoms with Crippen molar-refractivity contribution in [3.8, 4) is 0 Å². The summed E-state index contributed by atoms with van der Waals surface area (Å²) >= 11 is 0. The third-order valence-electron chi connectivity index (χ3n) is 3.61. The summed E-state index contributed by atoms with van der Waals surface area (Å²) < 4.78 is 4.67. The first-order chi connectivity index (χ1) is 10.5. The normalized spacial score (nSPS) is 11.3. The lowest BCUT2D eigenvalue weighted by atomic mass is 10.1. The fourth-order valence-electron chi connectivity index (χ4n) is 2.11. The summed E-state index contributed by atoms with van der Waals surface area (Å²) in [6.45, 7) is 8.89. The van der Waals surface area contributed by atoms with Crippen molar-refractivity contribution in [3.05, 3.63) is 23.8 Å². The Morgan fingerprint density at radius 1 is 0.864 bits per heavy atom. The van der Waals surface area contributed by atoms with E-state index in [-0.39, 0.29) is 5.57 Å². The van der Waals surface area contributed by atoms with Gasteiger partial charge in [-0.1, -0.05) is 70.9 Å². The minimum atomic E-state index is -0.652. The summed E-state index contributed by atoms with van der Waals surface area (Å²) in [5, 5.41) is 0. The van der Waals surface area contributed by atoms with E-state index in [9.17, 15) is 9.59 Å². The van der Waals surface area contributed by atoms with Crippen molar-refractivity contribution in [2.45, 2.75) is 85.0 Å². The van der Waals surface area contributed by atoms with Gasteiger partial charge in [-0.3, -0.25) is 0 Å². The summed E-state index contributed by atoms with van der Waals surface area (Å²) in [4.78, 5) is 22.8. The number of carbonyl (C=O) groups is 2. The minimum Gasteiger partial charge on any atom is -0.386 e. The molecule has 22 heavy (non-hydrogen) atoms. The molecule has 0 radical (unpaired) electrons. The predicted molar refractivity (Wildman–Crippen MR) is 91.5 cm³/mol. The zero-order chi connectivity index (χ0) is 16.8. The molecule has 0 saturated carbocycles. The standard InChI is InChI=1S/C19H32O3/c1-5-6-7-8-9-10-11-12-13-14-15-17(4)19(21)22-18(20)16(2)3/h15H,2,5-14H2,1,3-4H3. The maximum absolute atomic E-state index is 11.6. The summed E-state index contributed by atoms with van der Waals surface area (Å²) in [7, 11) is 0. The number of allylic oxidation sites excluding steroid dienone is 1. The number of unbranched alkanes of at least 4 members (excludes halogenated alkanes) is 9. The molecule has 0 saturated heterocycles. The van der Waals surface area contributed by atoms with Crippen LogP contribution in [0.3, 0.4) is 0 Å². The molecule has 0 bridgehead atoms. The number of hydrogen-bond donors (Lipinski definition) is 0. The summed E-state index contributed by atoms with van der Waals surface area (Å²) in [5.74, 6) is -1.22. The highest BCUT2D eigenvalue weighted by Crippen LogP contribution is 2.11. The monoisotopic (exact) mass is 308 g/mol. The third-order valence-corrected chi connectivity index (χ3v) is 3.61. The van der Waals surface area contributed by atoms with E-state index in [0.717, 1.165) is 12.8 Å². The first-order valence-electron chi connectivity index (χ1n) is 8.57. The maximum atomic E-state index is 11.6. The van der Waals surface area contributed by atoms with Crippen molar-refractivity contribution in [3.63, 3.8) is 0 Å². The molecule has 0 amide bonds. The van der Waals surface area contributed by atoms with E-state index in [4.69, 9.17) is 0 Å². The lowest BCUT2D eigenvalue weighted by Crippen LogP contribution is -2.13. The Hall–Kier alpha value is -1.38. The highest BCUT2D eigenvalue weighted by atomic mass is 16.6. The Kier molecular flexibility index (Phi) is 12.5. The van der Waals surface area contributed by atoms with Crippen LogP contribution in [0.2, 0.25) is 0 Å². The van der Waals surface area contributed by atoms with Gasteiger partial charge in [-0.25, -0.2) is 9.59 Å². The van der Waals surface area contributed by atoms with Crippen LogP contribution in [0.25, 0.3) is 0 Å². The Morgan fingerprint density at radius 2 is 1.36 bits per heavy atom. The lowest BCUT2D eigenvalue weighted by Gasteiger charge is -2.03. The second-order valence-corrected chi connectivity index (χ2v) is 5.96. The highest BCUT2D eigenvalue weighted by molar-refractivity contribution is 6.00. The molecule has 0 aliphatic heterocycles. The van der Waals surface area contributed by atoms with Gasteiger partial charge in [-0.05, 0) is 26.7 Å². The smallest absolute Gasteiger partial charge is 0.341 e. The Bertz CT molecular complexity index is 380. The van der Waals surface area contributed by atoms with Crippen molar-refractivity contribution in [2.75, 3.05) is 0 Å². The Labute approximate surface area is 135 Å². The molecule has 3 heteroatoms. The van der Waals surface area contributed by atoms with Gasteiger partial charge in [0.25, 0.3) is 0 Å². The van der Waals surface area contributed by atoms with Gasteiger partial charge in [-0.15, -0.1) is 0 Å². The van der Waals surface area contributed by atoms with Crippen molar-refractivity contribution < 1.29 is 14.3 Å². The maximum Gasteiger partial charge on any atom is 0.341 e. The van der Waals surface area contributed by atoms with Crippen LogP contribution in [0.1, 0.15) is 85.0 Å². The zero-order valence-electron chi connectivity index (χ0n) is 14.6. The summed E-state index contributed by atoms with van der Waals surface area (Å²) in [6.07, 6.45) is 14.3.